The molecule has 2 N–H and O–H groups in total. The van der Waals surface area contributed by atoms with Gasteiger partial charge < -0.3 is 20.1 Å². The lowest BCUT2D eigenvalue weighted by Crippen LogP contribution is -2.48. The summed E-state index contributed by atoms with van der Waals surface area (Å²) in [6, 6.07) is 2.12. The summed E-state index contributed by atoms with van der Waals surface area (Å²) in [5, 5.41) is 0. The fourth-order valence-electron chi connectivity index (χ4n) is 2.10. The van der Waals surface area contributed by atoms with Gasteiger partial charge in [-0.15, -0.1) is 0 Å². The molecule has 0 radical (unpaired) electrons. The summed E-state index contributed by atoms with van der Waals surface area (Å²) in [6.07, 6.45) is -0.266. The maximum atomic E-state index is 14.0. The Labute approximate surface area is 115 Å². The molecule has 1 aliphatic rings. The minimum atomic E-state index is -0.992. The number of rotatable bonds is 3. The van der Waals surface area contributed by atoms with E-state index in [0.717, 1.165) is 19.2 Å². The molecule has 0 saturated carbocycles. The number of ether oxygens (including phenoxy) is 2. The van der Waals surface area contributed by atoms with E-state index in [9.17, 15) is 13.6 Å². The molecule has 0 bridgehead atoms. The third-order valence-electron chi connectivity index (χ3n) is 3.17. The number of nitrogens with zero attached hydrogens (tertiary/aromatic N) is 1. The van der Waals surface area contributed by atoms with Crippen LogP contribution in [0.15, 0.2) is 12.1 Å². The fraction of sp³-hybridized carbons (Fsp3) is 0.462. The van der Waals surface area contributed by atoms with Crippen molar-refractivity contribution in [2.24, 2.45) is 5.73 Å². The maximum absolute atomic E-state index is 14.0. The molecule has 1 saturated heterocycles. The van der Waals surface area contributed by atoms with Gasteiger partial charge in [0.2, 0.25) is 0 Å². The Balaban J connectivity index is 2.25. The smallest absolute Gasteiger partial charge is 0.257 e. The van der Waals surface area contributed by atoms with E-state index in [4.69, 9.17) is 10.5 Å². The fourth-order valence-corrected chi connectivity index (χ4v) is 2.10. The zero-order valence-corrected chi connectivity index (χ0v) is 11.1. The summed E-state index contributed by atoms with van der Waals surface area (Å²) < 4.78 is 37.3. The summed E-state index contributed by atoms with van der Waals surface area (Å²) in [5.41, 5.74) is 5.27. The van der Waals surface area contributed by atoms with Crippen LogP contribution in [0.2, 0.25) is 0 Å². The van der Waals surface area contributed by atoms with Crippen LogP contribution in [-0.4, -0.2) is 50.3 Å². The first-order chi connectivity index (χ1) is 9.58. The summed E-state index contributed by atoms with van der Waals surface area (Å²) >= 11 is 0. The van der Waals surface area contributed by atoms with Crippen LogP contribution in [-0.2, 0) is 4.74 Å². The number of benzene rings is 1. The lowest BCUT2D eigenvalue weighted by molar-refractivity contribution is -0.0169. The number of morpholine rings is 1. The lowest BCUT2D eigenvalue weighted by Gasteiger charge is -2.32. The molecule has 20 heavy (non-hydrogen) atoms. The Morgan fingerprint density at radius 3 is 2.95 bits per heavy atom. The lowest BCUT2D eigenvalue weighted by atomic mass is 10.1. The number of hydrogen-bond acceptors (Lipinski definition) is 4. The SMILES string of the molecule is COc1c(F)ccc(C(=O)N2CCO[C@H](CN)C2)c1F. The van der Waals surface area contributed by atoms with Gasteiger partial charge in [-0.25, -0.2) is 8.78 Å². The zero-order chi connectivity index (χ0) is 14.7. The van der Waals surface area contributed by atoms with E-state index in [-0.39, 0.29) is 24.8 Å². The van der Waals surface area contributed by atoms with Gasteiger partial charge in [0.1, 0.15) is 0 Å². The number of hydrogen-bond donors (Lipinski definition) is 1. The first kappa shape index (κ1) is 14.7. The second kappa shape index (κ2) is 6.15. The molecule has 0 aliphatic carbocycles. The summed E-state index contributed by atoms with van der Waals surface area (Å²) in [4.78, 5) is 13.7. The maximum Gasteiger partial charge on any atom is 0.257 e. The van der Waals surface area contributed by atoms with Gasteiger partial charge in [-0.1, -0.05) is 0 Å². The van der Waals surface area contributed by atoms with Gasteiger partial charge in [0.15, 0.2) is 17.4 Å². The van der Waals surface area contributed by atoms with Crippen molar-refractivity contribution in [3.05, 3.63) is 29.3 Å². The predicted octanol–water partition coefficient (Wildman–Crippen LogP) is 0.773. The van der Waals surface area contributed by atoms with Gasteiger partial charge in [0.25, 0.3) is 5.91 Å². The topological polar surface area (TPSA) is 64.8 Å². The first-order valence-electron chi connectivity index (χ1n) is 6.21. The van der Waals surface area contributed by atoms with Gasteiger partial charge in [-0.05, 0) is 12.1 Å². The molecule has 1 amide bonds. The van der Waals surface area contributed by atoms with Crippen LogP contribution < -0.4 is 10.5 Å². The van der Waals surface area contributed by atoms with Gasteiger partial charge in [-0.2, -0.15) is 0 Å². The van der Waals surface area contributed by atoms with E-state index in [2.05, 4.69) is 4.74 Å². The van der Waals surface area contributed by atoms with Crippen LogP contribution >= 0.6 is 0 Å². The molecular weight excluding hydrogens is 270 g/mol. The third kappa shape index (κ3) is 2.73. The molecule has 110 valence electrons. The summed E-state index contributed by atoms with van der Waals surface area (Å²) in [6.45, 7) is 1.25. The van der Waals surface area contributed by atoms with Crippen molar-refractivity contribution in [3.8, 4) is 5.75 Å². The van der Waals surface area contributed by atoms with Crippen molar-refractivity contribution in [1.82, 2.24) is 4.90 Å². The van der Waals surface area contributed by atoms with Crippen LogP contribution in [0.1, 0.15) is 10.4 Å². The van der Waals surface area contributed by atoms with Crippen molar-refractivity contribution in [3.63, 3.8) is 0 Å². The molecule has 2 rings (SSSR count). The highest BCUT2D eigenvalue weighted by atomic mass is 19.1. The molecule has 0 aromatic heterocycles. The highest BCUT2D eigenvalue weighted by Crippen LogP contribution is 2.25. The molecule has 0 spiro atoms. The monoisotopic (exact) mass is 286 g/mol. The molecule has 0 unspecified atom stereocenters. The van der Waals surface area contributed by atoms with Crippen molar-refractivity contribution < 1.29 is 23.0 Å². The Morgan fingerprint density at radius 2 is 2.30 bits per heavy atom. The number of halogens is 2. The first-order valence-corrected chi connectivity index (χ1v) is 6.21. The standard InChI is InChI=1S/C13H16F2N2O3/c1-19-12-10(14)3-2-9(11(12)15)13(18)17-4-5-20-8(6-16)7-17/h2-3,8H,4-7,16H2,1H3/t8-/m1/s1. The Bertz CT molecular complexity index is 511. The predicted molar refractivity (Wildman–Crippen MR) is 67.6 cm³/mol. The van der Waals surface area contributed by atoms with E-state index in [0.29, 0.717) is 13.2 Å². The van der Waals surface area contributed by atoms with E-state index < -0.39 is 23.3 Å². The van der Waals surface area contributed by atoms with E-state index in [1.54, 1.807) is 0 Å². The van der Waals surface area contributed by atoms with Gasteiger partial charge in [0.05, 0.1) is 25.4 Å². The van der Waals surface area contributed by atoms with E-state index in [1.165, 1.54) is 4.90 Å². The highest BCUT2D eigenvalue weighted by Gasteiger charge is 2.27. The number of methoxy groups -OCH3 is 1. The second-order valence-electron chi connectivity index (χ2n) is 4.42. The second-order valence-corrected chi connectivity index (χ2v) is 4.42. The minimum Gasteiger partial charge on any atom is -0.491 e. The third-order valence-corrected chi connectivity index (χ3v) is 3.17. The number of amides is 1. The molecule has 1 heterocycles. The van der Waals surface area contributed by atoms with Crippen LogP contribution in [0.5, 0.6) is 5.75 Å². The molecule has 1 atom stereocenters. The largest absolute Gasteiger partial charge is 0.491 e. The quantitative estimate of drug-likeness (QED) is 0.891. The summed E-state index contributed by atoms with van der Waals surface area (Å²) in [5.74, 6) is -2.92. The van der Waals surface area contributed by atoms with E-state index in [1.807, 2.05) is 0 Å². The average Bonchev–Trinajstić information content (AvgIpc) is 2.47. The average molecular weight is 286 g/mol. The Morgan fingerprint density at radius 1 is 1.55 bits per heavy atom. The molecule has 1 fully saturated rings. The molecule has 1 aromatic carbocycles. The Hall–Kier alpha value is -1.73. The molecule has 1 aliphatic heterocycles. The molecule has 5 nitrogen and oxygen atoms in total. The van der Waals surface area contributed by atoms with Gasteiger partial charge in [0, 0.05) is 19.6 Å². The van der Waals surface area contributed by atoms with E-state index >= 15 is 0 Å². The van der Waals surface area contributed by atoms with Crippen molar-refractivity contribution in [2.75, 3.05) is 33.4 Å². The van der Waals surface area contributed by atoms with Crippen molar-refractivity contribution in [2.45, 2.75) is 6.10 Å². The van der Waals surface area contributed by atoms with Crippen LogP contribution in [0.25, 0.3) is 0 Å². The van der Waals surface area contributed by atoms with Gasteiger partial charge in [-0.3, -0.25) is 4.79 Å². The van der Waals surface area contributed by atoms with Gasteiger partial charge >= 0.3 is 0 Å². The molecule has 7 heteroatoms. The number of carbonyl (C=O) groups excluding carboxylic acids is 1. The van der Waals surface area contributed by atoms with Crippen LogP contribution in [0.4, 0.5) is 8.78 Å². The minimum absolute atomic E-state index is 0.221. The molecule has 1 aromatic rings. The van der Waals surface area contributed by atoms with Crippen molar-refractivity contribution in [1.29, 1.82) is 0 Å². The molecular formula is C13H16F2N2O3. The van der Waals surface area contributed by atoms with Crippen LogP contribution in [0, 0.1) is 11.6 Å². The summed E-state index contributed by atoms with van der Waals surface area (Å²) in [7, 11) is 1.15. The zero-order valence-electron chi connectivity index (χ0n) is 11.1. The number of carbonyl (C=O) groups is 1. The number of nitrogens with two attached hydrogens (primary N) is 1. The Kier molecular flexibility index (Phi) is 4.51. The normalized spacial score (nSPS) is 19.0. The highest BCUT2D eigenvalue weighted by molar-refractivity contribution is 5.95. The van der Waals surface area contributed by atoms with Crippen molar-refractivity contribution >= 4 is 5.91 Å². The van der Waals surface area contributed by atoms with Crippen LogP contribution in [0.3, 0.4) is 0 Å².